The average molecular weight is 277 g/mol. The van der Waals surface area contributed by atoms with Crippen LogP contribution in [0.25, 0.3) is 0 Å². The van der Waals surface area contributed by atoms with E-state index in [-0.39, 0.29) is 0 Å². The van der Waals surface area contributed by atoms with E-state index in [2.05, 4.69) is 29.3 Å². The number of rotatable bonds is 5. The summed E-state index contributed by atoms with van der Waals surface area (Å²) < 4.78 is 0. The van der Waals surface area contributed by atoms with Crippen LogP contribution in [0.3, 0.4) is 0 Å². The molecule has 1 heterocycles. The van der Waals surface area contributed by atoms with Gasteiger partial charge in [0.1, 0.15) is 4.99 Å². The van der Waals surface area contributed by atoms with Crippen molar-refractivity contribution < 1.29 is 0 Å². The van der Waals surface area contributed by atoms with E-state index in [1.807, 2.05) is 6.07 Å². The first-order chi connectivity index (χ1) is 9.16. The Labute approximate surface area is 121 Å². The molecule has 19 heavy (non-hydrogen) atoms. The standard InChI is InChI=1S/C15H23N3S/c1-12-5-6-14(13(11-12)15(16)19)17-7-10-18-8-3-2-4-9-18/h5-6,11,17H,2-4,7-10H2,1H3,(H2,16,19). The first kappa shape index (κ1) is 14.3. The van der Waals surface area contributed by atoms with Crippen LogP contribution in [0.5, 0.6) is 0 Å². The largest absolute Gasteiger partial charge is 0.389 e. The van der Waals surface area contributed by atoms with Crippen LogP contribution >= 0.6 is 12.2 Å². The summed E-state index contributed by atoms with van der Waals surface area (Å²) in [5, 5.41) is 3.46. The van der Waals surface area contributed by atoms with Crippen molar-refractivity contribution in [2.45, 2.75) is 26.2 Å². The summed E-state index contributed by atoms with van der Waals surface area (Å²) in [6, 6.07) is 6.20. The summed E-state index contributed by atoms with van der Waals surface area (Å²) in [4.78, 5) is 2.98. The number of nitrogens with zero attached hydrogens (tertiary/aromatic N) is 1. The minimum absolute atomic E-state index is 0.462. The molecule has 104 valence electrons. The van der Waals surface area contributed by atoms with E-state index in [1.165, 1.54) is 37.9 Å². The molecular formula is C15H23N3S. The quantitative estimate of drug-likeness (QED) is 0.812. The minimum atomic E-state index is 0.462. The van der Waals surface area contributed by atoms with Crippen LogP contribution in [-0.4, -0.2) is 36.1 Å². The maximum Gasteiger partial charge on any atom is 0.106 e. The Morgan fingerprint density at radius 2 is 2.05 bits per heavy atom. The minimum Gasteiger partial charge on any atom is -0.389 e. The lowest BCUT2D eigenvalue weighted by molar-refractivity contribution is 0.237. The van der Waals surface area contributed by atoms with E-state index in [1.54, 1.807) is 0 Å². The molecule has 0 atom stereocenters. The molecule has 3 N–H and O–H groups in total. The van der Waals surface area contributed by atoms with E-state index < -0.39 is 0 Å². The number of anilines is 1. The predicted octanol–water partition coefficient (Wildman–Crippen LogP) is 2.53. The van der Waals surface area contributed by atoms with Crippen LogP contribution in [0.2, 0.25) is 0 Å². The lowest BCUT2D eigenvalue weighted by atomic mass is 10.1. The van der Waals surface area contributed by atoms with Crippen LogP contribution < -0.4 is 11.1 Å². The average Bonchev–Trinajstić information content (AvgIpc) is 2.41. The Balaban J connectivity index is 1.89. The zero-order chi connectivity index (χ0) is 13.7. The second-order valence-corrected chi connectivity index (χ2v) is 5.68. The maximum atomic E-state index is 5.78. The molecule has 1 aliphatic heterocycles. The molecule has 1 aliphatic rings. The number of nitrogens with one attached hydrogen (secondary N) is 1. The third-order valence-corrected chi connectivity index (χ3v) is 3.85. The Hall–Kier alpha value is -1.13. The number of piperidine rings is 1. The molecule has 1 aromatic rings. The fourth-order valence-electron chi connectivity index (χ4n) is 2.55. The van der Waals surface area contributed by atoms with Crippen molar-refractivity contribution in [1.82, 2.24) is 4.90 Å². The summed E-state index contributed by atoms with van der Waals surface area (Å²) in [5.41, 5.74) is 8.97. The van der Waals surface area contributed by atoms with Gasteiger partial charge in [-0.25, -0.2) is 0 Å². The van der Waals surface area contributed by atoms with E-state index in [0.29, 0.717) is 4.99 Å². The number of hydrogen-bond acceptors (Lipinski definition) is 3. The zero-order valence-corrected chi connectivity index (χ0v) is 12.4. The SMILES string of the molecule is Cc1ccc(NCCN2CCCCC2)c(C(N)=S)c1. The van der Waals surface area contributed by atoms with Gasteiger partial charge in [0.25, 0.3) is 0 Å². The first-order valence-electron chi connectivity index (χ1n) is 7.03. The fraction of sp³-hybridized carbons (Fsp3) is 0.533. The highest BCUT2D eigenvalue weighted by atomic mass is 32.1. The van der Waals surface area contributed by atoms with Crippen molar-refractivity contribution in [3.8, 4) is 0 Å². The van der Waals surface area contributed by atoms with Crippen molar-refractivity contribution in [1.29, 1.82) is 0 Å². The van der Waals surface area contributed by atoms with Crippen LogP contribution in [0, 0.1) is 6.92 Å². The van der Waals surface area contributed by atoms with E-state index in [0.717, 1.165) is 24.3 Å². The molecule has 0 bridgehead atoms. The summed E-state index contributed by atoms with van der Waals surface area (Å²) in [6.07, 6.45) is 4.05. The van der Waals surface area contributed by atoms with Crippen molar-refractivity contribution in [2.75, 3.05) is 31.5 Å². The highest BCUT2D eigenvalue weighted by molar-refractivity contribution is 7.80. The van der Waals surface area contributed by atoms with Gasteiger partial charge in [-0.05, 0) is 45.0 Å². The number of benzene rings is 1. The van der Waals surface area contributed by atoms with Gasteiger partial charge in [0.15, 0.2) is 0 Å². The summed E-state index contributed by atoms with van der Waals surface area (Å²) >= 11 is 5.11. The smallest absolute Gasteiger partial charge is 0.106 e. The van der Waals surface area contributed by atoms with E-state index >= 15 is 0 Å². The molecule has 2 rings (SSSR count). The third-order valence-electron chi connectivity index (χ3n) is 3.63. The van der Waals surface area contributed by atoms with Crippen molar-refractivity contribution >= 4 is 22.9 Å². The number of thiocarbonyl (C=S) groups is 1. The lowest BCUT2D eigenvalue weighted by Crippen LogP contribution is -2.33. The second-order valence-electron chi connectivity index (χ2n) is 5.24. The molecule has 0 amide bonds. The molecule has 0 spiro atoms. The fourth-order valence-corrected chi connectivity index (χ4v) is 2.72. The van der Waals surface area contributed by atoms with E-state index in [9.17, 15) is 0 Å². The third kappa shape index (κ3) is 4.18. The normalized spacial score (nSPS) is 16.3. The zero-order valence-electron chi connectivity index (χ0n) is 11.6. The van der Waals surface area contributed by atoms with E-state index in [4.69, 9.17) is 18.0 Å². The molecule has 0 saturated carbocycles. The second kappa shape index (κ2) is 6.87. The van der Waals surface area contributed by atoms with Crippen molar-refractivity contribution in [2.24, 2.45) is 5.73 Å². The maximum absolute atomic E-state index is 5.78. The summed E-state index contributed by atoms with van der Waals surface area (Å²) in [7, 11) is 0. The van der Waals surface area contributed by atoms with Gasteiger partial charge in [-0.1, -0.05) is 30.3 Å². The van der Waals surface area contributed by atoms with Gasteiger partial charge in [0, 0.05) is 24.3 Å². The molecular weight excluding hydrogens is 254 g/mol. The van der Waals surface area contributed by atoms with Gasteiger partial charge in [-0.15, -0.1) is 0 Å². The van der Waals surface area contributed by atoms with Gasteiger partial charge in [0.2, 0.25) is 0 Å². The number of hydrogen-bond donors (Lipinski definition) is 2. The van der Waals surface area contributed by atoms with Gasteiger partial charge in [-0.3, -0.25) is 0 Å². The molecule has 0 aromatic heterocycles. The highest BCUT2D eigenvalue weighted by Crippen LogP contribution is 2.17. The molecule has 0 aliphatic carbocycles. The Kier molecular flexibility index (Phi) is 5.16. The van der Waals surface area contributed by atoms with Crippen LogP contribution in [-0.2, 0) is 0 Å². The number of nitrogens with two attached hydrogens (primary N) is 1. The Morgan fingerprint density at radius 1 is 1.32 bits per heavy atom. The van der Waals surface area contributed by atoms with Crippen LogP contribution in [0.4, 0.5) is 5.69 Å². The topological polar surface area (TPSA) is 41.3 Å². The first-order valence-corrected chi connectivity index (χ1v) is 7.44. The molecule has 1 saturated heterocycles. The van der Waals surface area contributed by atoms with Gasteiger partial charge >= 0.3 is 0 Å². The Bertz CT molecular complexity index is 439. The van der Waals surface area contributed by atoms with Crippen LogP contribution in [0.1, 0.15) is 30.4 Å². The van der Waals surface area contributed by atoms with Gasteiger partial charge < -0.3 is 16.0 Å². The summed E-state index contributed by atoms with van der Waals surface area (Å²) in [5.74, 6) is 0. The molecule has 3 nitrogen and oxygen atoms in total. The highest BCUT2D eigenvalue weighted by Gasteiger charge is 2.10. The number of aryl methyl sites for hydroxylation is 1. The molecule has 1 fully saturated rings. The van der Waals surface area contributed by atoms with Crippen LogP contribution in [0.15, 0.2) is 18.2 Å². The lowest BCUT2D eigenvalue weighted by Gasteiger charge is -2.26. The summed E-state index contributed by atoms with van der Waals surface area (Å²) in [6.45, 7) is 6.55. The predicted molar refractivity (Wildman–Crippen MR) is 85.8 cm³/mol. The molecule has 1 aromatic carbocycles. The van der Waals surface area contributed by atoms with Gasteiger partial charge in [0.05, 0.1) is 0 Å². The van der Waals surface area contributed by atoms with Crippen molar-refractivity contribution in [3.63, 3.8) is 0 Å². The molecule has 0 radical (unpaired) electrons. The monoisotopic (exact) mass is 277 g/mol. The number of likely N-dealkylation sites (tertiary alicyclic amines) is 1. The molecule has 0 unspecified atom stereocenters. The Morgan fingerprint density at radius 3 is 2.74 bits per heavy atom. The molecule has 4 heteroatoms. The van der Waals surface area contributed by atoms with Gasteiger partial charge in [-0.2, -0.15) is 0 Å². The van der Waals surface area contributed by atoms with Crippen molar-refractivity contribution in [3.05, 3.63) is 29.3 Å².